The van der Waals surface area contributed by atoms with Gasteiger partial charge in [-0.05, 0) is 6.42 Å². The Hall–Kier alpha value is 0.0169. The van der Waals surface area contributed by atoms with Crippen molar-refractivity contribution in [2.75, 3.05) is 27.4 Å². The lowest BCUT2D eigenvalue weighted by Crippen LogP contribution is -2.44. The van der Waals surface area contributed by atoms with Crippen molar-refractivity contribution < 1.29 is 22.8 Å². The molecule has 0 bridgehead atoms. The van der Waals surface area contributed by atoms with E-state index in [1.165, 1.54) is 0 Å². The van der Waals surface area contributed by atoms with Gasteiger partial charge in [0, 0.05) is 20.8 Å². The summed E-state index contributed by atoms with van der Waals surface area (Å²) >= 11 is 0. The first-order valence-electron chi connectivity index (χ1n) is 5.65. The third kappa shape index (κ3) is 4.90. The highest BCUT2D eigenvalue weighted by atomic mass is 28.4. The molecule has 96 valence electrons. The van der Waals surface area contributed by atoms with Crippen molar-refractivity contribution in [2.45, 2.75) is 38.7 Å². The first-order valence-corrected chi connectivity index (χ1v) is 7.87. The third-order valence-electron chi connectivity index (χ3n) is 2.48. The first kappa shape index (κ1) is 14.1. The zero-order valence-electron chi connectivity index (χ0n) is 10.5. The third-order valence-corrected chi connectivity index (χ3v) is 4.66. The molecular weight excluding hydrogens is 228 g/mol. The Kier molecular flexibility index (Phi) is 5.88. The van der Waals surface area contributed by atoms with Crippen LogP contribution in [0.2, 0.25) is 6.55 Å². The SMILES string of the molecule is CCCC(OCC1CO1)O[Si](C)(OC)OC. The summed E-state index contributed by atoms with van der Waals surface area (Å²) in [5.41, 5.74) is 0. The second-order valence-electron chi connectivity index (χ2n) is 3.90. The summed E-state index contributed by atoms with van der Waals surface area (Å²) < 4.78 is 27.0. The summed E-state index contributed by atoms with van der Waals surface area (Å²) in [6, 6.07) is 0. The molecule has 0 spiro atoms. The van der Waals surface area contributed by atoms with Crippen LogP contribution in [0, 0.1) is 0 Å². The molecule has 16 heavy (non-hydrogen) atoms. The van der Waals surface area contributed by atoms with Crippen LogP contribution in [-0.2, 0) is 22.8 Å². The minimum atomic E-state index is -2.52. The number of epoxide rings is 1. The maximum Gasteiger partial charge on any atom is 0.499 e. The zero-order valence-corrected chi connectivity index (χ0v) is 11.5. The highest BCUT2D eigenvalue weighted by molar-refractivity contribution is 6.59. The van der Waals surface area contributed by atoms with Crippen molar-refractivity contribution in [1.29, 1.82) is 0 Å². The fourth-order valence-corrected chi connectivity index (χ4v) is 2.23. The van der Waals surface area contributed by atoms with Crippen LogP contribution < -0.4 is 0 Å². The van der Waals surface area contributed by atoms with E-state index in [1.807, 2.05) is 6.55 Å². The van der Waals surface area contributed by atoms with E-state index >= 15 is 0 Å². The number of ether oxygens (including phenoxy) is 2. The van der Waals surface area contributed by atoms with E-state index in [4.69, 9.17) is 22.8 Å². The fraction of sp³-hybridized carbons (Fsp3) is 1.00. The van der Waals surface area contributed by atoms with E-state index in [0.717, 1.165) is 19.4 Å². The molecule has 0 radical (unpaired) electrons. The monoisotopic (exact) mass is 250 g/mol. The summed E-state index contributed by atoms with van der Waals surface area (Å²) in [4.78, 5) is 0. The molecule has 1 saturated heterocycles. The Morgan fingerprint density at radius 3 is 2.44 bits per heavy atom. The molecule has 0 aromatic carbocycles. The molecule has 1 heterocycles. The summed E-state index contributed by atoms with van der Waals surface area (Å²) in [5, 5.41) is 0. The molecule has 0 aliphatic carbocycles. The standard InChI is InChI=1S/C10H22O5Si/c1-5-6-10(14-8-9-7-13-9)15-16(4,11-2)12-3/h9-10H,5-8H2,1-4H3. The van der Waals surface area contributed by atoms with Gasteiger partial charge in [0.1, 0.15) is 6.10 Å². The lowest BCUT2D eigenvalue weighted by molar-refractivity contribution is -0.120. The van der Waals surface area contributed by atoms with Gasteiger partial charge in [-0.25, -0.2) is 0 Å². The molecule has 0 N–H and O–H groups in total. The Morgan fingerprint density at radius 1 is 1.38 bits per heavy atom. The van der Waals surface area contributed by atoms with Crippen molar-refractivity contribution in [1.82, 2.24) is 0 Å². The van der Waals surface area contributed by atoms with E-state index in [1.54, 1.807) is 14.2 Å². The Labute approximate surface area is 98.3 Å². The molecule has 5 nitrogen and oxygen atoms in total. The van der Waals surface area contributed by atoms with Gasteiger partial charge in [0.25, 0.3) is 0 Å². The molecule has 6 heteroatoms. The number of hydrogen-bond donors (Lipinski definition) is 0. The average molecular weight is 250 g/mol. The van der Waals surface area contributed by atoms with E-state index in [0.29, 0.717) is 6.61 Å². The molecule has 2 unspecified atom stereocenters. The Balaban J connectivity index is 2.34. The molecule has 1 rings (SSSR count). The smallest absolute Gasteiger partial charge is 0.377 e. The minimum Gasteiger partial charge on any atom is -0.377 e. The van der Waals surface area contributed by atoms with Crippen molar-refractivity contribution in [3.63, 3.8) is 0 Å². The molecule has 0 saturated carbocycles. The molecule has 0 aromatic rings. The van der Waals surface area contributed by atoms with Gasteiger partial charge in [-0.3, -0.25) is 0 Å². The fourth-order valence-electron chi connectivity index (χ4n) is 1.21. The Bertz CT molecular complexity index is 194. The summed E-state index contributed by atoms with van der Waals surface area (Å²) in [6.45, 7) is 5.32. The molecule has 1 aliphatic heterocycles. The molecule has 0 aromatic heterocycles. The number of hydrogen-bond acceptors (Lipinski definition) is 5. The van der Waals surface area contributed by atoms with Crippen LogP contribution in [-0.4, -0.2) is 48.6 Å². The van der Waals surface area contributed by atoms with Crippen LogP contribution >= 0.6 is 0 Å². The van der Waals surface area contributed by atoms with Crippen LogP contribution in [0.3, 0.4) is 0 Å². The lowest BCUT2D eigenvalue weighted by atomic mass is 10.3. The van der Waals surface area contributed by atoms with Gasteiger partial charge >= 0.3 is 8.80 Å². The maximum atomic E-state index is 5.77. The second kappa shape index (κ2) is 6.68. The molecule has 1 fully saturated rings. The predicted octanol–water partition coefficient (Wildman–Crippen LogP) is 1.41. The van der Waals surface area contributed by atoms with Gasteiger partial charge in [-0.15, -0.1) is 0 Å². The second-order valence-corrected chi connectivity index (χ2v) is 6.67. The van der Waals surface area contributed by atoms with Gasteiger partial charge in [0.2, 0.25) is 0 Å². The Morgan fingerprint density at radius 2 is 2.00 bits per heavy atom. The zero-order chi connectivity index (χ0) is 12.0. The lowest BCUT2D eigenvalue weighted by Gasteiger charge is -2.28. The minimum absolute atomic E-state index is 0.251. The van der Waals surface area contributed by atoms with Crippen molar-refractivity contribution in [2.24, 2.45) is 0 Å². The van der Waals surface area contributed by atoms with E-state index < -0.39 is 8.80 Å². The topological polar surface area (TPSA) is 49.5 Å². The normalized spacial score (nSPS) is 22.1. The highest BCUT2D eigenvalue weighted by Gasteiger charge is 2.36. The summed E-state index contributed by atoms with van der Waals surface area (Å²) in [5.74, 6) is 0. The van der Waals surface area contributed by atoms with Crippen molar-refractivity contribution in [3.8, 4) is 0 Å². The van der Waals surface area contributed by atoms with E-state index in [9.17, 15) is 0 Å². The quantitative estimate of drug-likeness (QED) is 0.352. The van der Waals surface area contributed by atoms with E-state index in [-0.39, 0.29) is 12.4 Å². The largest absolute Gasteiger partial charge is 0.499 e. The highest BCUT2D eigenvalue weighted by Crippen LogP contribution is 2.17. The molecule has 1 aliphatic rings. The molecule has 2 atom stereocenters. The van der Waals surface area contributed by atoms with Crippen LogP contribution in [0.4, 0.5) is 0 Å². The van der Waals surface area contributed by atoms with Gasteiger partial charge in [-0.1, -0.05) is 13.3 Å². The van der Waals surface area contributed by atoms with Gasteiger partial charge in [0.15, 0.2) is 6.29 Å². The molecular formula is C10H22O5Si. The summed E-state index contributed by atoms with van der Waals surface area (Å²) in [7, 11) is 0.685. The van der Waals surface area contributed by atoms with Crippen LogP contribution in [0.25, 0.3) is 0 Å². The van der Waals surface area contributed by atoms with E-state index in [2.05, 4.69) is 6.92 Å². The van der Waals surface area contributed by atoms with Crippen molar-refractivity contribution in [3.05, 3.63) is 0 Å². The first-order chi connectivity index (χ1) is 7.63. The van der Waals surface area contributed by atoms with Gasteiger partial charge in [-0.2, -0.15) is 0 Å². The van der Waals surface area contributed by atoms with Gasteiger partial charge < -0.3 is 22.8 Å². The van der Waals surface area contributed by atoms with Crippen molar-refractivity contribution >= 4 is 8.80 Å². The summed E-state index contributed by atoms with van der Waals surface area (Å²) in [6.07, 6.45) is 1.82. The number of rotatable bonds is 9. The predicted molar refractivity (Wildman–Crippen MR) is 61.1 cm³/mol. The van der Waals surface area contributed by atoms with Crippen LogP contribution in [0.5, 0.6) is 0 Å². The van der Waals surface area contributed by atoms with Gasteiger partial charge in [0.05, 0.1) is 13.2 Å². The average Bonchev–Trinajstić information content (AvgIpc) is 3.10. The van der Waals surface area contributed by atoms with Crippen LogP contribution in [0.1, 0.15) is 19.8 Å². The van der Waals surface area contributed by atoms with Crippen LogP contribution in [0.15, 0.2) is 0 Å². The molecule has 0 amide bonds. The maximum absolute atomic E-state index is 5.77.